The molecule has 0 radical (unpaired) electrons. The Labute approximate surface area is 163 Å². The smallest absolute Gasteiger partial charge is 0.209 e. The van der Waals surface area contributed by atoms with Gasteiger partial charge in [-0.2, -0.15) is 5.10 Å². The van der Waals surface area contributed by atoms with Crippen LogP contribution in [0.15, 0.2) is 30.7 Å². The lowest BCUT2D eigenvalue weighted by Crippen LogP contribution is -2.17. The van der Waals surface area contributed by atoms with Crippen molar-refractivity contribution in [3.8, 4) is 28.7 Å². The molecule has 2 aromatic heterocycles. The van der Waals surface area contributed by atoms with Crippen LogP contribution in [0.4, 0.5) is 0 Å². The fourth-order valence-electron chi connectivity index (χ4n) is 3.26. The summed E-state index contributed by atoms with van der Waals surface area (Å²) in [5.74, 6) is 2.10. The Bertz CT molecular complexity index is 1120. The van der Waals surface area contributed by atoms with Gasteiger partial charge in [0.15, 0.2) is 5.82 Å². The molecule has 3 aromatic rings. The summed E-state index contributed by atoms with van der Waals surface area (Å²) in [5, 5.41) is 9.39. The average molecular weight is 402 g/mol. The Balaban J connectivity index is 1.71. The molecule has 0 bridgehead atoms. The zero-order chi connectivity index (χ0) is 19.9. The van der Waals surface area contributed by atoms with Gasteiger partial charge in [0.1, 0.15) is 30.2 Å². The third kappa shape index (κ3) is 3.65. The van der Waals surface area contributed by atoms with Crippen molar-refractivity contribution in [1.82, 2.24) is 24.3 Å². The summed E-state index contributed by atoms with van der Waals surface area (Å²) in [6, 6.07) is 5.83. The van der Waals surface area contributed by atoms with E-state index in [1.807, 2.05) is 47.5 Å². The van der Waals surface area contributed by atoms with Crippen LogP contribution in [0.3, 0.4) is 0 Å². The average Bonchev–Trinajstić information content (AvgIpc) is 3.23. The molecule has 28 heavy (non-hydrogen) atoms. The van der Waals surface area contributed by atoms with Gasteiger partial charge >= 0.3 is 0 Å². The molecule has 1 aromatic carbocycles. The second kappa shape index (κ2) is 7.02. The Hall–Kier alpha value is -2.72. The number of primary sulfonamides is 1. The molecular formula is C18H22N6O3S. The number of imidazole rings is 1. The number of benzene rings is 1. The van der Waals surface area contributed by atoms with Crippen LogP contribution in [0.25, 0.3) is 22.9 Å². The van der Waals surface area contributed by atoms with E-state index in [-0.39, 0.29) is 11.8 Å². The molecule has 10 heteroatoms. The summed E-state index contributed by atoms with van der Waals surface area (Å²) in [6.07, 6.45) is 3.84. The molecule has 0 amide bonds. The molecule has 0 unspecified atom stereocenters. The van der Waals surface area contributed by atoms with E-state index >= 15 is 0 Å². The molecule has 0 saturated heterocycles. The largest absolute Gasteiger partial charge is 0.491 e. The summed E-state index contributed by atoms with van der Waals surface area (Å²) in [4.78, 5) is 9.16. The van der Waals surface area contributed by atoms with E-state index in [9.17, 15) is 8.42 Å². The van der Waals surface area contributed by atoms with Crippen molar-refractivity contribution in [1.29, 1.82) is 0 Å². The van der Waals surface area contributed by atoms with Crippen LogP contribution < -0.4 is 9.88 Å². The highest BCUT2D eigenvalue weighted by Gasteiger charge is 2.22. The number of hydrogen-bond acceptors (Lipinski definition) is 6. The van der Waals surface area contributed by atoms with Crippen LogP contribution in [-0.2, 0) is 23.0 Å². The zero-order valence-electron chi connectivity index (χ0n) is 15.7. The van der Waals surface area contributed by atoms with E-state index in [1.54, 1.807) is 0 Å². The van der Waals surface area contributed by atoms with Gasteiger partial charge < -0.3 is 9.30 Å². The molecular weight excluding hydrogens is 380 g/mol. The number of rotatable bonds is 5. The van der Waals surface area contributed by atoms with Gasteiger partial charge in [0, 0.05) is 12.2 Å². The first kappa shape index (κ1) is 18.6. The number of sulfonamides is 1. The fraction of sp³-hybridized carbons (Fsp3) is 0.389. The molecule has 1 aliphatic heterocycles. The van der Waals surface area contributed by atoms with Crippen molar-refractivity contribution < 1.29 is 13.2 Å². The van der Waals surface area contributed by atoms with Crippen molar-refractivity contribution in [2.24, 2.45) is 5.14 Å². The Kier molecular flexibility index (Phi) is 4.68. The minimum Gasteiger partial charge on any atom is -0.491 e. The Morgan fingerprint density at radius 1 is 1.29 bits per heavy atom. The molecule has 4 rings (SSSR count). The normalized spacial score (nSPS) is 13.7. The minimum absolute atomic E-state index is 0.102. The first-order valence-electron chi connectivity index (χ1n) is 9.05. The Morgan fingerprint density at radius 2 is 2.11 bits per heavy atom. The van der Waals surface area contributed by atoms with E-state index in [4.69, 9.17) is 14.9 Å². The zero-order valence-corrected chi connectivity index (χ0v) is 16.6. The number of ether oxygens (including phenoxy) is 1. The van der Waals surface area contributed by atoms with Crippen molar-refractivity contribution >= 4 is 10.0 Å². The van der Waals surface area contributed by atoms with Gasteiger partial charge in [0.05, 0.1) is 17.9 Å². The molecule has 3 heterocycles. The molecule has 1 aliphatic rings. The topological polar surface area (TPSA) is 118 Å². The lowest BCUT2D eigenvalue weighted by Gasteiger charge is -2.09. The molecule has 0 aliphatic carbocycles. The van der Waals surface area contributed by atoms with E-state index in [2.05, 4.69) is 10.1 Å². The van der Waals surface area contributed by atoms with Crippen LogP contribution in [0.2, 0.25) is 0 Å². The highest BCUT2D eigenvalue weighted by atomic mass is 32.2. The first-order chi connectivity index (χ1) is 13.3. The summed E-state index contributed by atoms with van der Waals surface area (Å²) < 4.78 is 32.2. The maximum atomic E-state index is 11.2. The predicted molar refractivity (Wildman–Crippen MR) is 104 cm³/mol. The quantitative estimate of drug-likeness (QED) is 0.693. The molecule has 0 atom stereocenters. The van der Waals surface area contributed by atoms with Gasteiger partial charge in [0.2, 0.25) is 10.0 Å². The van der Waals surface area contributed by atoms with Crippen LogP contribution in [0.1, 0.15) is 25.5 Å². The second-order valence-electron chi connectivity index (χ2n) is 7.06. The minimum atomic E-state index is -3.50. The lowest BCUT2D eigenvalue weighted by molar-refractivity contribution is 0.306. The number of aryl methyl sites for hydroxylation is 1. The van der Waals surface area contributed by atoms with Gasteiger partial charge in [-0.1, -0.05) is 6.07 Å². The van der Waals surface area contributed by atoms with Crippen molar-refractivity contribution in [2.75, 3.05) is 12.4 Å². The summed E-state index contributed by atoms with van der Waals surface area (Å²) in [7, 11) is -3.50. The number of nitrogens with two attached hydrogens (primary N) is 1. The van der Waals surface area contributed by atoms with Crippen LogP contribution in [0.5, 0.6) is 5.75 Å². The monoisotopic (exact) mass is 402 g/mol. The second-order valence-corrected chi connectivity index (χ2v) is 8.80. The van der Waals surface area contributed by atoms with Gasteiger partial charge in [0.25, 0.3) is 0 Å². The standard InChI is InChI=1S/C18H22N6O3S/c1-12(2)24-18(20-11-21-24)15-10-23-6-7-27-16-9-13(5-8-28(19,25)26)3-4-14(16)17(23)22-15/h3-4,9-12H,5-8H2,1-2H3,(H2,19,25,26). The highest BCUT2D eigenvalue weighted by molar-refractivity contribution is 7.89. The number of hydrogen-bond donors (Lipinski definition) is 1. The van der Waals surface area contributed by atoms with Gasteiger partial charge in [-0.25, -0.2) is 28.2 Å². The van der Waals surface area contributed by atoms with E-state index in [0.29, 0.717) is 25.3 Å². The lowest BCUT2D eigenvalue weighted by atomic mass is 10.1. The van der Waals surface area contributed by atoms with Gasteiger partial charge in [-0.15, -0.1) is 0 Å². The summed E-state index contributed by atoms with van der Waals surface area (Å²) >= 11 is 0. The molecule has 0 spiro atoms. The highest BCUT2D eigenvalue weighted by Crippen LogP contribution is 2.34. The van der Waals surface area contributed by atoms with Gasteiger partial charge in [-0.3, -0.25) is 0 Å². The number of aromatic nitrogens is 5. The molecule has 0 saturated carbocycles. The van der Waals surface area contributed by atoms with E-state index in [0.717, 1.165) is 28.5 Å². The Morgan fingerprint density at radius 3 is 2.86 bits per heavy atom. The third-order valence-corrected chi connectivity index (χ3v) is 5.39. The SMILES string of the molecule is CC(C)n1ncnc1-c1cn2c(n1)-c1ccc(CCS(N)(=O)=O)cc1OCC2. The van der Waals surface area contributed by atoms with Crippen LogP contribution in [0, 0.1) is 0 Å². The molecule has 2 N–H and O–H groups in total. The maximum absolute atomic E-state index is 11.2. The number of nitrogens with zero attached hydrogens (tertiary/aromatic N) is 5. The fourth-order valence-corrected chi connectivity index (χ4v) is 3.78. The number of fused-ring (bicyclic) bond motifs is 3. The van der Waals surface area contributed by atoms with Gasteiger partial charge in [-0.05, 0) is 38.0 Å². The summed E-state index contributed by atoms with van der Waals surface area (Å²) in [5.41, 5.74) is 2.47. The molecule has 9 nitrogen and oxygen atoms in total. The van der Waals surface area contributed by atoms with Crippen molar-refractivity contribution in [3.05, 3.63) is 36.3 Å². The van der Waals surface area contributed by atoms with Crippen LogP contribution in [-0.4, -0.2) is 45.1 Å². The molecule has 148 valence electrons. The first-order valence-corrected chi connectivity index (χ1v) is 10.8. The van der Waals surface area contributed by atoms with Crippen molar-refractivity contribution in [2.45, 2.75) is 32.9 Å². The van der Waals surface area contributed by atoms with Crippen molar-refractivity contribution in [3.63, 3.8) is 0 Å². The van der Waals surface area contributed by atoms with E-state index in [1.165, 1.54) is 6.33 Å². The maximum Gasteiger partial charge on any atom is 0.209 e. The van der Waals surface area contributed by atoms with E-state index < -0.39 is 10.0 Å². The third-order valence-electron chi connectivity index (χ3n) is 4.62. The predicted octanol–water partition coefficient (Wildman–Crippen LogP) is 1.61. The summed E-state index contributed by atoms with van der Waals surface area (Å²) in [6.45, 7) is 5.24. The molecule has 0 fully saturated rings. The van der Waals surface area contributed by atoms with Crippen LogP contribution >= 0.6 is 0 Å².